The zero-order chi connectivity index (χ0) is 14.3. The third-order valence-corrected chi connectivity index (χ3v) is 3.34. The fraction of sp³-hybridized carbons (Fsp3) is 0.214. The lowest BCUT2D eigenvalue weighted by atomic mass is 10.2. The van der Waals surface area contributed by atoms with E-state index in [1.165, 1.54) is 16.1 Å². The summed E-state index contributed by atoms with van der Waals surface area (Å²) < 4.78 is 3.87. The van der Waals surface area contributed by atoms with E-state index in [0.717, 1.165) is 10.1 Å². The van der Waals surface area contributed by atoms with Crippen molar-refractivity contribution in [2.45, 2.75) is 13.5 Å². The molecule has 1 aromatic carbocycles. The SMILES string of the molecule is CCn1c(=O)n(C)c(=O)n2nc(-c3ccccc3)cc12. The number of hydrogen-bond donors (Lipinski definition) is 0. The zero-order valence-corrected chi connectivity index (χ0v) is 11.3. The second kappa shape index (κ2) is 4.48. The van der Waals surface area contributed by atoms with Crippen molar-refractivity contribution in [3.05, 3.63) is 57.4 Å². The van der Waals surface area contributed by atoms with Gasteiger partial charge in [0.2, 0.25) is 0 Å². The first kappa shape index (κ1) is 12.4. The maximum atomic E-state index is 12.1. The Kier molecular flexibility index (Phi) is 2.78. The Labute approximate surface area is 114 Å². The van der Waals surface area contributed by atoms with Crippen LogP contribution in [-0.4, -0.2) is 18.7 Å². The molecule has 0 atom stereocenters. The highest BCUT2D eigenvalue weighted by atomic mass is 16.2. The van der Waals surface area contributed by atoms with Crippen molar-refractivity contribution in [2.24, 2.45) is 7.05 Å². The average molecular weight is 270 g/mol. The molecule has 0 aliphatic heterocycles. The van der Waals surface area contributed by atoms with E-state index in [4.69, 9.17) is 0 Å². The van der Waals surface area contributed by atoms with E-state index in [1.54, 1.807) is 6.07 Å². The van der Waals surface area contributed by atoms with Crippen molar-refractivity contribution in [2.75, 3.05) is 0 Å². The molecule has 0 N–H and O–H groups in total. The summed E-state index contributed by atoms with van der Waals surface area (Å²) >= 11 is 0. The molecule has 0 fully saturated rings. The van der Waals surface area contributed by atoms with Crippen LogP contribution in [0.2, 0.25) is 0 Å². The van der Waals surface area contributed by atoms with Crippen LogP contribution in [0.4, 0.5) is 0 Å². The van der Waals surface area contributed by atoms with Gasteiger partial charge in [-0.25, -0.2) is 14.2 Å². The Hall–Kier alpha value is -2.63. The van der Waals surface area contributed by atoms with Gasteiger partial charge < -0.3 is 0 Å². The van der Waals surface area contributed by atoms with E-state index in [-0.39, 0.29) is 5.69 Å². The smallest absolute Gasteiger partial charge is 0.278 e. The summed E-state index contributed by atoms with van der Waals surface area (Å²) in [6.45, 7) is 2.34. The van der Waals surface area contributed by atoms with E-state index < -0.39 is 5.69 Å². The van der Waals surface area contributed by atoms with Gasteiger partial charge in [0, 0.05) is 25.2 Å². The van der Waals surface area contributed by atoms with Crippen LogP contribution in [0.5, 0.6) is 0 Å². The largest absolute Gasteiger partial charge is 0.354 e. The monoisotopic (exact) mass is 270 g/mol. The summed E-state index contributed by atoms with van der Waals surface area (Å²) in [6, 6.07) is 11.3. The molecule has 2 aromatic heterocycles. The molecular weight excluding hydrogens is 256 g/mol. The molecule has 6 heteroatoms. The van der Waals surface area contributed by atoms with Crippen LogP contribution in [-0.2, 0) is 13.6 Å². The maximum Gasteiger partial charge on any atom is 0.354 e. The van der Waals surface area contributed by atoms with Gasteiger partial charge in [-0.15, -0.1) is 0 Å². The molecule has 102 valence electrons. The van der Waals surface area contributed by atoms with Crippen molar-refractivity contribution in [3.8, 4) is 11.3 Å². The maximum absolute atomic E-state index is 12.1. The lowest BCUT2D eigenvalue weighted by Crippen LogP contribution is -2.41. The van der Waals surface area contributed by atoms with Gasteiger partial charge in [0.25, 0.3) is 0 Å². The van der Waals surface area contributed by atoms with Gasteiger partial charge in [-0.3, -0.25) is 4.57 Å². The molecule has 0 radical (unpaired) electrons. The van der Waals surface area contributed by atoms with Crippen LogP contribution in [0.15, 0.2) is 46.0 Å². The summed E-state index contributed by atoms with van der Waals surface area (Å²) in [7, 11) is 1.46. The second-order valence-corrected chi connectivity index (χ2v) is 4.53. The highest BCUT2D eigenvalue weighted by Crippen LogP contribution is 2.17. The lowest BCUT2D eigenvalue weighted by molar-refractivity contribution is 0.594. The molecule has 0 saturated carbocycles. The van der Waals surface area contributed by atoms with Crippen LogP contribution >= 0.6 is 0 Å². The van der Waals surface area contributed by atoms with E-state index in [1.807, 2.05) is 37.3 Å². The Bertz CT molecular complexity index is 887. The number of benzene rings is 1. The van der Waals surface area contributed by atoms with Crippen LogP contribution < -0.4 is 11.4 Å². The molecule has 0 unspecified atom stereocenters. The highest BCUT2D eigenvalue weighted by molar-refractivity contribution is 5.63. The van der Waals surface area contributed by atoms with Crippen LogP contribution in [0.25, 0.3) is 16.9 Å². The second-order valence-electron chi connectivity index (χ2n) is 4.53. The third-order valence-electron chi connectivity index (χ3n) is 3.34. The molecule has 0 saturated heterocycles. The molecule has 0 aliphatic carbocycles. The van der Waals surface area contributed by atoms with Crippen molar-refractivity contribution in [3.63, 3.8) is 0 Å². The van der Waals surface area contributed by atoms with E-state index in [2.05, 4.69) is 5.10 Å². The van der Waals surface area contributed by atoms with Gasteiger partial charge in [-0.1, -0.05) is 30.3 Å². The highest BCUT2D eigenvalue weighted by Gasteiger charge is 2.13. The lowest BCUT2D eigenvalue weighted by Gasteiger charge is -2.05. The Morgan fingerprint density at radius 1 is 1.10 bits per heavy atom. The Morgan fingerprint density at radius 2 is 1.80 bits per heavy atom. The summed E-state index contributed by atoms with van der Waals surface area (Å²) in [5.41, 5.74) is 1.34. The topological polar surface area (TPSA) is 61.3 Å². The standard InChI is InChI=1S/C14H14N4O2/c1-3-17-12-9-11(10-7-5-4-6-8-10)15-18(12)14(20)16(2)13(17)19/h4-9H,3H2,1-2H3. The van der Waals surface area contributed by atoms with Crippen molar-refractivity contribution in [1.82, 2.24) is 18.7 Å². The molecule has 0 bridgehead atoms. The quantitative estimate of drug-likeness (QED) is 0.694. The molecule has 0 amide bonds. The summed E-state index contributed by atoms with van der Waals surface area (Å²) in [5, 5.41) is 4.32. The van der Waals surface area contributed by atoms with E-state index >= 15 is 0 Å². The van der Waals surface area contributed by atoms with Gasteiger partial charge in [-0.2, -0.15) is 9.61 Å². The molecule has 0 aliphatic rings. The van der Waals surface area contributed by atoms with Gasteiger partial charge in [0.15, 0.2) is 0 Å². The summed E-state index contributed by atoms with van der Waals surface area (Å²) in [5.74, 6) is 0. The first-order valence-electron chi connectivity index (χ1n) is 6.38. The summed E-state index contributed by atoms with van der Waals surface area (Å²) in [6.07, 6.45) is 0. The van der Waals surface area contributed by atoms with Gasteiger partial charge in [0.05, 0.1) is 5.69 Å². The Morgan fingerprint density at radius 3 is 2.45 bits per heavy atom. The average Bonchev–Trinajstić information content (AvgIpc) is 2.91. The van der Waals surface area contributed by atoms with Crippen molar-refractivity contribution >= 4 is 5.65 Å². The molecule has 20 heavy (non-hydrogen) atoms. The number of nitrogens with zero attached hydrogens (tertiary/aromatic N) is 4. The van der Waals surface area contributed by atoms with E-state index in [0.29, 0.717) is 17.9 Å². The first-order chi connectivity index (χ1) is 9.63. The fourth-order valence-electron chi connectivity index (χ4n) is 2.25. The van der Waals surface area contributed by atoms with Gasteiger partial charge >= 0.3 is 11.4 Å². The fourth-order valence-corrected chi connectivity index (χ4v) is 2.25. The number of aromatic nitrogens is 4. The van der Waals surface area contributed by atoms with E-state index in [9.17, 15) is 9.59 Å². The minimum Gasteiger partial charge on any atom is -0.278 e. The first-order valence-corrected chi connectivity index (χ1v) is 6.38. The zero-order valence-electron chi connectivity index (χ0n) is 11.3. The minimum absolute atomic E-state index is 0.329. The summed E-state index contributed by atoms with van der Waals surface area (Å²) in [4.78, 5) is 24.2. The van der Waals surface area contributed by atoms with Gasteiger partial charge in [-0.05, 0) is 6.92 Å². The number of rotatable bonds is 2. The number of fused-ring (bicyclic) bond motifs is 1. The number of aryl methyl sites for hydroxylation is 1. The van der Waals surface area contributed by atoms with Gasteiger partial charge in [0.1, 0.15) is 5.65 Å². The molecule has 6 nitrogen and oxygen atoms in total. The molecule has 0 spiro atoms. The third kappa shape index (κ3) is 1.69. The van der Waals surface area contributed by atoms with Crippen molar-refractivity contribution < 1.29 is 0 Å². The van der Waals surface area contributed by atoms with Crippen LogP contribution in [0.3, 0.4) is 0 Å². The van der Waals surface area contributed by atoms with Crippen molar-refractivity contribution in [1.29, 1.82) is 0 Å². The number of hydrogen-bond acceptors (Lipinski definition) is 3. The predicted octanol–water partition coefficient (Wildman–Crippen LogP) is 0.882. The predicted molar refractivity (Wildman–Crippen MR) is 75.8 cm³/mol. The molecule has 3 rings (SSSR count). The molecule has 3 aromatic rings. The van der Waals surface area contributed by atoms with Crippen LogP contribution in [0.1, 0.15) is 6.92 Å². The minimum atomic E-state index is -0.433. The Balaban J connectivity index is 2.40. The van der Waals surface area contributed by atoms with Crippen LogP contribution in [0, 0.1) is 0 Å². The molecular formula is C14H14N4O2. The normalized spacial score (nSPS) is 11.1. The molecule has 2 heterocycles.